The van der Waals surface area contributed by atoms with Gasteiger partial charge in [0, 0.05) is 51.2 Å². The van der Waals surface area contributed by atoms with E-state index in [1.807, 2.05) is 6.92 Å². The van der Waals surface area contributed by atoms with Crippen LogP contribution in [0.1, 0.15) is 37.3 Å². The summed E-state index contributed by atoms with van der Waals surface area (Å²) in [6.45, 7) is 3.12. The second kappa shape index (κ2) is 12.4. The third-order valence-electron chi connectivity index (χ3n) is 5.96. The van der Waals surface area contributed by atoms with Crippen LogP contribution in [0.25, 0.3) is 0 Å². The summed E-state index contributed by atoms with van der Waals surface area (Å²) in [6, 6.07) is -0.0899. The molecule has 2 N–H and O–H groups in total. The number of alkyl halides is 6. The van der Waals surface area contributed by atoms with E-state index >= 15 is 0 Å². The van der Waals surface area contributed by atoms with Crippen LogP contribution in [-0.4, -0.2) is 76.4 Å². The van der Waals surface area contributed by atoms with Gasteiger partial charge in [0.1, 0.15) is 12.2 Å². The zero-order valence-electron chi connectivity index (χ0n) is 20.4. The van der Waals surface area contributed by atoms with Crippen LogP contribution in [-0.2, 0) is 21.9 Å². The van der Waals surface area contributed by atoms with E-state index in [1.54, 1.807) is 14.9 Å². The smallest absolute Gasteiger partial charge is 0.383 e. The number of nitrogens with one attached hydrogen (secondary N) is 2. The lowest BCUT2D eigenvalue weighted by atomic mass is 10.0. The molecule has 0 atom stereocenters. The summed E-state index contributed by atoms with van der Waals surface area (Å²) >= 11 is 0. The van der Waals surface area contributed by atoms with E-state index in [4.69, 9.17) is 4.74 Å². The van der Waals surface area contributed by atoms with Crippen molar-refractivity contribution in [3.05, 3.63) is 40.1 Å². The van der Waals surface area contributed by atoms with Gasteiger partial charge in [0.15, 0.2) is 0 Å². The fourth-order valence-corrected chi connectivity index (χ4v) is 4.10. The Morgan fingerprint density at radius 3 is 2.37 bits per heavy atom. The highest BCUT2D eigenvalue weighted by Crippen LogP contribution is 2.31. The summed E-state index contributed by atoms with van der Waals surface area (Å²) in [4.78, 5) is 35.2. The molecular formula is C22H27F6N7O3. The van der Waals surface area contributed by atoms with Crippen LogP contribution in [0.15, 0.2) is 23.4 Å². The minimum absolute atomic E-state index is 0.0599. The summed E-state index contributed by atoms with van der Waals surface area (Å²) in [6.07, 6.45) is -5.57. The zero-order valence-corrected chi connectivity index (χ0v) is 20.4. The minimum Gasteiger partial charge on any atom is -0.383 e. The average molecular weight is 551 g/mol. The lowest BCUT2D eigenvalue weighted by molar-refractivity contribution is -0.139. The van der Waals surface area contributed by atoms with E-state index in [9.17, 15) is 35.9 Å². The monoisotopic (exact) mass is 551 g/mol. The molecule has 10 nitrogen and oxygen atoms in total. The number of amides is 1. The van der Waals surface area contributed by atoms with Crippen LogP contribution in [0, 0.1) is 0 Å². The number of anilines is 2. The Hall–Kier alpha value is -3.43. The molecule has 210 valence electrons. The molecule has 0 unspecified atom stereocenters. The fourth-order valence-electron chi connectivity index (χ4n) is 4.10. The van der Waals surface area contributed by atoms with Crippen molar-refractivity contribution < 1.29 is 35.9 Å². The van der Waals surface area contributed by atoms with E-state index in [0.29, 0.717) is 32.5 Å². The number of likely N-dealkylation sites (N-methyl/N-ethyl adjacent to an activating group) is 1. The molecule has 1 saturated heterocycles. The third kappa shape index (κ3) is 7.55. The molecule has 1 aliphatic heterocycles. The molecule has 16 heteroatoms. The van der Waals surface area contributed by atoms with Gasteiger partial charge in [0.05, 0.1) is 17.4 Å². The number of ether oxygens (including phenoxy) is 1. The Balaban J connectivity index is 1.40. The number of aromatic nitrogens is 4. The maximum Gasteiger partial charge on any atom is 0.423 e. The molecule has 1 fully saturated rings. The average Bonchev–Trinajstić information content (AvgIpc) is 2.86. The summed E-state index contributed by atoms with van der Waals surface area (Å²) < 4.78 is 82.7. The van der Waals surface area contributed by atoms with Crippen molar-refractivity contribution in [2.75, 3.05) is 49.6 Å². The first kappa shape index (κ1) is 29.1. The summed E-state index contributed by atoms with van der Waals surface area (Å²) in [7, 11) is 0. The predicted molar refractivity (Wildman–Crippen MR) is 123 cm³/mol. The molecule has 0 bridgehead atoms. The molecule has 3 heterocycles. The van der Waals surface area contributed by atoms with Gasteiger partial charge in [-0.15, -0.1) is 0 Å². The number of rotatable bonds is 10. The van der Waals surface area contributed by atoms with Crippen LogP contribution in [0.2, 0.25) is 0 Å². The van der Waals surface area contributed by atoms with E-state index < -0.39 is 34.7 Å². The molecule has 3 rings (SSSR count). The number of nitrogens with zero attached hydrogens (tertiary/aromatic N) is 5. The second-order valence-electron chi connectivity index (χ2n) is 8.49. The van der Waals surface area contributed by atoms with Gasteiger partial charge in [-0.1, -0.05) is 0 Å². The van der Waals surface area contributed by atoms with Gasteiger partial charge < -0.3 is 19.9 Å². The highest BCUT2D eigenvalue weighted by molar-refractivity contribution is 5.77. The van der Waals surface area contributed by atoms with Crippen LogP contribution < -0.4 is 15.8 Å². The van der Waals surface area contributed by atoms with Crippen LogP contribution in [0.4, 0.5) is 38.0 Å². The molecule has 0 aromatic carbocycles. The van der Waals surface area contributed by atoms with Crippen molar-refractivity contribution in [2.45, 2.75) is 44.6 Å². The van der Waals surface area contributed by atoms with Crippen molar-refractivity contribution in [3.63, 3.8) is 0 Å². The van der Waals surface area contributed by atoms with Gasteiger partial charge in [0.2, 0.25) is 11.9 Å². The number of carbonyl (C=O) groups excluding carboxylic acids is 1. The largest absolute Gasteiger partial charge is 0.423 e. The highest BCUT2D eigenvalue weighted by atomic mass is 19.4. The van der Waals surface area contributed by atoms with Crippen molar-refractivity contribution >= 4 is 17.5 Å². The van der Waals surface area contributed by atoms with E-state index in [0.717, 1.165) is 18.6 Å². The zero-order chi connectivity index (χ0) is 27.9. The topological polar surface area (TPSA) is 116 Å². The maximum atomic E-state index is 13.1. The number of halogens is 6. The van der Waals surface area contributed by atoms with Crippen LogP contribution in [0.5, 0.6) is 0 Å². The number of aromatic amines is 1. The number of H-pyrrole nitrogens is 1. The molecule has 1 aliphatic rings. The van der Waals surface area contributed by atoms with Crippen molar-refractivity contribution in [2.24, 2.45) is 0 Å². The lowest BCUT2D eigenvalue weighted by Crippen LogP contribution is -2.48. The summed E-state index contributed by atoms with van der Waals surface area (Å²) in [5.74, 6) is -0.0520. The molecule has 1 amide bonds. The standard InChI is InChI=1S/C22H27F6N7O3/c1-2-35(15-4-7-34(8-5-15)20-30-10-14(11-31-20)21(23,24)25)17(36)13-38-9-3-6-29-16-12-32-33-19(37)18(16)22(26,27)28/h10-12,15H,2-9,13H2,1H3,(H2,29,33,37). The SMILES string of the molecule is CCN(C(=O)COCCCNc1cn[nH]c(=O)c1C(F)(F)F)C1CCN(c2ncc(C(F)(F)F)cn2)CC1. The first-order valence-electron chi connectivity index (χ1n) is 11.8. The molecule has 0 saturated carbocycles. The Labute approximate surface area is 213 Å². The van der Waals surface area contributed by atoms with Gasteiger partial charge >= 0.3 is 12.4 Å². The normalized spacial score (nSPS) is 15.0. The molecule has 2 aromatic heterocycles. The maximum absolute atomic E-state index is 13.1. The Kier molecular flexibility index (Phi) is 9.51. The predicted octanol–water partition coefficient (Wildman–Crippen LogP) is 2.93. The summed E-state index contributed by atoms with van der Waals surface area (Å²) in [5.41, 5.74) is -4.07. The molecule has 2 aromatic rings. The number of carbonyl (C=O) groups is 1. The number of hydrogen-bond acceptors (Lipinski definition) is 8. The third-order valence-corrected chi connectivity index (χ3v) is 5.96. The molecular weight excluding hydrogens is 524 g/mol. The Morgan fingerprint density at radius 1 is 1.13 bits per heavy atom. The molecule has 0 aliphatic carbocycles. The van der Waals surface area contributed by atoms with Crippen molar-refractivity contribution in [1.82, 2.24) is 25.1 Å². The van der Waals surface area contributed by atoms with E-state index in [1.165, 1.54) is 0 Å². The van der Waals surface area contributed by atoms with E-state index in [2.05, 4.69) is 20.4 Å². The van der Waals surface area contributed by atoms with Gasteiger partial charge in [0.25, 0.3) is 5.56 Å². The van der Waals surface area contributed by atoms with Crippen LogP contribution in [0.3, 0.4) is 0 Å². The Morgan fingerprint density at radius 2 is 1.79 bits per heavy atom. The minimum atomic E-state index is -4.84. The van der Waals surface area contributed by atoms with Gasteiger partial charge in [-0.3, -0.25) is 9.59 Å². The first-order chi connectivity index (χ1) is 17.9. The van der Waals surface area contributed by atoms with Gasteiger partial charge in [-0.2, -0.15) is 31.4 Å². The molecule has 38 heavy (non-hydrogen) atoms. The van der Waals surface area contributed by atoms with Crippen LogP contribution >= 0.6 is 0 Å². The fraction of sp³-hybridized carbons (Fsp3) is 0.591. The molecule has 0 radical (unpaired) electrons. The quantitative estimate of drug-likeness (QED) is 0.342. The van der Waals surface area contributed by atoms with Crippen molar-refractivity contribution in [1.29, 1.82) is 0 Å². The van der Waals surface area contributed by atoms with Gasteiger partial charge in [-0.05, 0) is 26.2 Å². The van der Waals surface area contributed by atoms with Crippen molar-refractivity contribution in [3.8, 4) is 0 Å². The Bertz CT molecular complexity index is 1120. The number of piperidine rings is 1. The highest BCUT2D eigenvalue weighted by Gasteiger charge is 2.37. The van der Waals surface area contributed by atoms with Gasteiger partial charge in [-0.25, -0.2) is 15.1 Å². The summed E-state index contributed by atoms with van der Waals surface area (Å²) in [5, 5.41) is 7.64. The number of hydrogen-bond donors (Lipinski definition) is 2. The lowest BCUT2D eigenvalue weighted by Gasteiger charge is -2.38. The second-order valence-corrected chi connectivity index (χ2v) is 8.49. The van der Waals surface area contributed by atoms with E-state index in [-0.39, 0.29) is 44.1 Å². The first-order valence-corrected chi connectivity index (χ1v) is 11.8. The molecule has 0 spiro atoms.